The van der Waals surface area contributed by atoms with Crippen LogP contribution >= 0.6 is 15.9 Å². The highest BCUT2D eigenvalue weighted by Gasteiger charge is 2.09. The van der Waals surface area contributed by atoms with Crippen LogP contribution in [-0.2, 0) is 11.3 Å². The summed E-state index contributed by atoms with van der Waals surface area (Å²) in [6, 6.07) is 21.1. The van der Waals surface area contributed by atoms with Gasteiger partial charge in [0.25, 0.3) is 5.91 Å². The number of anilines is 2. The van der Waals surface area contributed by atoms with Gasteiger partial charge in [0.15, 0.2) is 6.61 Å². The molecule has 3 aromatic carbocycles. The van der Waals surface area contributed by atoms with Gasteiger partial charge in [-0.05, 0) is 61.5 Å². The van der Waals surface area contributed by atoms with Crippen LogP contribution in [0.5, 0.6) is 11.5 Å². The second-order valence-electron chi connectivity index (χ2n) is 6.54. The lowest BCUT2D eigenvalue weighted by molar-refractivity contribution is -0.118. The highest BCUT2D eigenvalue weighted by Crippen LogP contribution is 2.25. The zero-order valence-electron chi connectivity index (χ0n) is 16.4. The molecular formula is C23H23BrN2O3. The highest BCUT2D eigenvalue weighted by atomic mass is 79.9. The quantitative estimate of drug-likeness (QED) is 0.478. The number of nitrogens with one attached hydrogen (secondary N) is 2. The van der Waals surface area contributed by atoms with Crippen molar-refractivity contribution in [3.63, 3.8) is 0 Å². The van der Waals surface area contributed by atoms with Gasteiger partial charge in [-0.2, -0.15) is 0 Å². The van der Waals surface area contributed by atoms with Gasteiger partial charge in [-0.1, -0.05) is 33.6 Å². The van der Waals surface area contributed by atoms with Crippen LogP contribution < -0.4 is 20.1 Å². The van der Waals surface area contributed by atoms with Gasteiger partial charge in [-0.3, -0.25) is 4.79 Å². The van der Waals surface area contributed by atoms with Crippen molar-refractivity contribution in [2.45, 2.75) is 13.5 Å². The minimum absolute atomic E-state index is 0.0644. The summed E-state index contributed by atoms with van der Waals surface area (Å²) in [5.74, 6) is 1.26. The number of ether oxygens (including phenoxy) is 2. The van der Waals surface area contributed by atoms with E-state index in [1.807, 2.05) is 73.7 Å². The predicted molar refractivity (Wildman–Crippen MR) is 120 cm³/mol. The maximum absolute atomic E-state index is 12.2. The maximum atomic E-state index is 12.2. The Morgan fingerprint density at radius 2 is 1.66 bits per heavy atom. The first-order valence-electron chi connectivity index (χ1n) is 9.19. The van der Waals surface area contributed by atoms with Crippen LogP contribution in [0.3, 0.4) is 0 Å². The van der Waals surface area contributed by atoms with Crippen LogP contribution in [-0.4, -0.2) is 19.6 Å². The SMILES string of the molecule is COc1ccc(NCc2cc(Br)ccc2OCC(=O)Nc2ccc(C)cc2)cc1. The second-order valence-corrected chi connectivity index (χ2v) is 7.45. The maximum Gasteiger partial charge on any atom is 0.262 e. The molecule has 0 unspecified atom stereocenters. The summed E-state index contributed by atoms with van der Waals surface area (Å²) in [6.45, 7) is 2.50. The summed E-state index contributed by atoms with van der Waals surface area (Å²) in [7, 11) is 1.64. The summed E-state index contributed by atoms with van der Waals surface area (Å²) < 4.78 is 11.9. The number of halogens is 1. The van der Waals surface area contributed by atoms with E-state index in [1.165, 1.54) is 0 Å². The van der Waals surface area contributed by atoms with Crippen LogP contribution in [0.4, 0.5) is 11.4 Å². The third-order valence-corrected chi connectivity index (χ3v) is 4.78. The fraction of sp³-hybridized carbons (Fsp3) is 0.174. The molecule has 0 saturated heterocycles. The van der Waals surface area contributed by atoms with Gasteiger partial charge >= 0.3 is 0 Å². The van der Waals surface area contributed by atoms with Crippen LogP contribution in [0.2, 0.25) is 0 Å². The first kappa shape index (κ1) is 20.7. The molecule has 3 aromatic rings. The first-order valence-corrected chi connectivity index (χ1v) is 9.98. The lowest BCUT2D eigenvalue weighted by Crippen LogP contribution is -2.20. The standard InChI is InChI=1S/C23H23BrN2O3/c1-16-3-6-20(7-4-16)26-23(27)15-29-22-12-5-18(24)13-17(22)14-25-19-8-10-21(28-2)11-9-19/h3-13,25H,14-15H2,1-2H3,(H,26,27). The van der Waals surface area contributed by atoms with E-state index in [0.29, 0.717) is 12.3 Å². The Balaban J connectivity index is 1.60. The molecular weight excluding hydrogens is 432 g/mol. The Morgan fingerprint density at radius 3 is 2.34 bits per heavy atom. The van der Waals surface area contributed by atoms with E-state index in [9.17, 15) is 4.79 Å². The molecule has 2 N–H and O–H groups in total. The number of hydrogen-bond acceptors (Lipinski definition) is 4. The fourth-order valence-corrected chi connectivity index (χ4v) is 3.12. The van der Waals surface area contributed by atoms with Crippen molar-refractivity contribution in [2.24, 2.45) is 0 Å². The van der Waals surface area contributed by atoms with Crippen molar-refractivity contribution in [1.82, 2.24) is 0 Å². The van der Waals surface area contributed by atoms with Crippen molar-refractivity contribution in [3.8, 4) is 11.5 Å². The fourth-order valence-electron chi connectivity index (χ4n) is 2.71. The van der Waals surface area contributed by atoms with Gasteiger partial charge in [0.1, 0.15) is 11.5 Å². The number of benzene rings is 3. The molecule has 0 atom stereocenters. The molecule has 0 radical (unpaired) electrons. The average Bonchev–Trinajstić information content (AvgIpc) is 2.73. The van der Waals surface area contributed by atoms with Crippen molar-refractivity contribution in [2.75, 3.05) is 24.4 Å². The van der Waals surface area contributed by atoms with E-state index < -0.39 is 0 Å². The molecule has 0 aliphatic carbocycles. The van der Waals surface area contributed by atoms with Crippen molar-refractivity contribution in [1.29, 1.82) is 0 Å². The molecule has 1 amide bonds. The van der Waals surface area contributed by atoms with Gasteiger partial charge in [0.05, 0.1) is 7.11 Å². The van der Waals surface area contributed by atoms with Crippen LogP contribution in [0.1, 0.15) is 11.1 Å². The first-order chi connectivity index (χ1) is 14.0. The van der Waals surface area contributed by atoms with E-state index in [1.54, 1.807) is 7.11 Å². The van der Waals surface area contributed by atoms with Gasteiger partial charge < -0.3 is 20.1 Å². The molecule has 0 saturated carbocycles. The lowest BCUT2D eigenvalue weighted by Gasteiger charge is -2.14. The van der Waals surface area contributed by atoms with E-state index in [2.05, 4.69) is 26.6 Å². The van der Waals surface area contributed by atoms with Crippen LogP contribution in [0, 0.1) is 6.92 Å². The molecule has 0 spiro atoms. The normalized spacial score (nSPS) is 10.3. The molecule has 6 heteroatoms. The summed E-state index contributed by atoms with van der Waals surface area (Å²) >= 11 is 3.49. The molecule has 150 valence electrons. The number of hydrogen-bond donors (Lipinski definition) is 2. The van der Waals surface area contributed by atoms with Crippen LogP contribution in [0.15, 0.2) is 71.2 Å². The van der Waals surface area contributed by atoms with Gasteiger partial charge in [-0.15, -0.1) is 0 Å². The monoisotopic (exact) mass is 454 g/mol. The van der Waals surface area contributed by atoms with E-state index in [-0.39, 0.29) is 12.5 Å². The molecule has 29 heavy (non-hydrogen) atoms. The van der Waals surface area contributed by atoms with Gasteiger partial charge in [0.2, 0.25) is 0 Å². The third-order valence-electron chi connectivity index (χ3n) is 4.29. The summed E-state index contributed by atoms with van der Waals surface area (Å²) in [5.41, 5.74) is 3.80. The summed E-state index contributed by atoms with van der Waals surface area (Å²) in [6.07, 6.45) is 0. The number of amides is 1. The summed E-state index contributed by atoms with van der Waals surface area (Å²) in [4.78, 5) is 12.2. The number of carbonyl (C=O) groups excluding carboxylic acids is 1. The Labute approximate surface area is 179 Å². The Morgan fingerprint density at radius 1 is 0.966 bits per heavy atom. The molecule has 3 rings (SSSR count). The number of carbonyl (C=O) groups is 1. The zero-order valence-corrected chi connectivity index (χ0v) is 18.0. The minimum atomic E-state index is -0.203. The largest absolute Gasteiger partial charge is 0.497 e. The second kappa shape index (κ2) is 9.98. The molecule has 0 bridgehead atoms. The van der Waals surface area contributed by atoms with E-state index in [4.69, 9.17) is 9.47 Å². The number of aryl methyl sites for hydroxylation is 1. The van der Waals surface area contributed by atoms with Gasteiger partial charge in [0, 0.05) is 28.0 Å². The molecule has 0 fully saturated rings. The number of rotatable bonds is 8. The lowest BCUT2D eigenvalue weighted by atomic mass is 10.2. The van der Waals surface area contributed by atoms with E-state index >= 15 is 0 Å². The highest BCUT2D eigenvalue weighted by molar-refractivity contribution is 9.10. The number of methoxy groups -OCH3 is 1. The minimum Gasteiger partial charge on any atom is -0.497 e. The van der Waals surface area contributed by atoms with Crippen LogP contribution in [0.25, 0.3) is 0 Å². The topological polar surface area (TPSA) is 59.6 Å². The smallest absolute Gasteiger partial charge is 0.262 e. The third kappa shape index (κ3) is 6.26. The Hall–Kier alpha value is -2.99. The van der Waals surface area contributed by atoms with Gasteiger partial charge in [-0.25, -0.2) is 0 Å². The molecule has 0 aliphatic rings. The molecule has 5 nitrogen and oxygen atoms in total. The predicted octanol–water partition coefficient (Wildman–Crippen LogP) is 5.40. The Bertz CT molecular complexity index is 957. The van der Waals surface area contributed by atoms with Crippen molar-refractivity contribution >= 4 is 33.2 Å². The van der Waals surface area contributed by atoms with Crippen molar-refractivity contribution < 1.29 is 14.3 Å². The zero-order chi connectivity index (χ0) is 20.6. The Kier molecular flexibility index (Phi) is 7.14. The molecule has 0 heterocycles. The summed E-state index contributed by atoms with van der Waals surface area (Å²) in [5, 5.41) is 6.19. The average molecular weight is 455 g/mol. The van der Waals surface area contributed by atoms with E-state index in [0.717, 1.165) is 32.7 Å². The molecule has 0 aliphatic heterocycles. The van der Waals surface area contributed by atoms with Crippen molar-refractivity contribution in [3.05, 3.63) is 82.3 Å². The molecule has 0 aromatic heterocycles.